The van der Waals surface area contributed by atoms with Crippen LogP contribution in [-0.2, 0) is 0 Å². The van der Waals surface area contributed by atoms with Gasteiger partial charge in [0.15, 0.2) is 0 Å². The van der Waals surface area contributed by atoms with Crippen molar-refractivity contribution in [3.63, 3.8) is 0 Å². The van der Waals surface area contributed by atoms with E-state index in [9.17, 15) is 5.11 Å². The van der Waals surface area contributed by atoms with E-state index < -0.39 is 6.10 Å². The first-order valence-corrected chi connectivity index (χ1v) is 9.02. The Morgan fingerprint density at radius 3 is 2.32 bits per heavy atom. The lowest BCUT2D eigenvalue weighted by atomic mass is 10.2. The van der Waals surface area contributed by atoms with Gasteiger partial charge in [-0.15, -0.1) is 0 Å². The Bertz CT molecular complexity index is 664. The van der Waals surface area contributed by atoms with Crippen LogP contribution in [0.2, 0.25) is 0 Å². The molecular weight excluding hydrogens is 312 g/mol. The fourth-order valence-corrected chi connectivity index (χ4v) is 3.20. The molecule has 25 heavy (non-hydrogen) atoms. The first kappa shape index (κ1) is 17.8. The highest BCUT2D eigenvalue weighted by Gasteiger charge is 2.19. The van der Waals surface area contributed by atoms with Gasteiger partial charge in [0.2, 0.25) is 0 Å². The molecule has 4 heteroatoms. The monoisotopic (exact) mass is 340 g/mol. The van der Waals surface area contributed by atoms with Crippen molar-refractivity contribution in [1.82, 2.24) is 4.90 Å². The van der Waals surface area contributed by atoms with Gasteiger partial charge in [0.1, 0.15) is 18.5 Å². The molecule has 1 heterocycles. The molecule has 0 bridgehead atoms. The van der Waals surface area contributed by atoms with Crippen LogP contribution in [0.15, 0.2) is 48.5 Å². The van der Waals surface area contributed by atoms with E-state index in [4.69, 9.17) is 4.74 Å². The summed E-state index contributed by atoms with van der Waals surface area (Å²) in [7, 11) is 0. The van der Waals surface area contributed by atoms with Crippen LogP contribution in [0, 0.1) is 13.8 Å². The minimum absolute atomic E-state index is 0.336. The number of hydrogen-bond donors (Lipinski definition) is 1. The molecule has 0 spiro atoms. The van der Waals surface area contributed by atoms with Gasteiger partial charge in [0.25, 0.3) is 0 Å². The summed E-state index contributed by atoms with van der Waals surface area (Å²) in [6, 6.07) is 16.6. The van der Waals surface area contributed by atoms with E-state index in [1.54, 1.807) is 0 Å². The van der Waals surface area contributed by atoms with Crippen molar-refractivity contribution in [1.29, 1.82) is 0 Å². The highest BCUT2D eigenvalue weighted by Crippen LogP contribution is 2.18. The highest BCUT2D eigenvalue weighted by molar-refractivity contribution is 5.47. The number of hydrogen-bond acceptors (Lipinski definition) is 4. The molecule has 1 N–H and O–H groups in total. The summed E-state index contributed by atoms with van der Waals surface area (Å²) in [6.07, 6.45) is -0.467. The van der Waals surface area contributed by atoms with E-state index in [1.807, 2.05) is 31.2 Å². The SMILES string of the molecule is Cc1ccc(N2CCN(C[C@H](O)COc3ccccc3C)CC2)cc1. The standard InChI is InChI=1S/C21H28N2O2/c1-17-7-9-19(10-8-17)23-13-11-22(12-14-23)15-20(24)16-25-21-6-4-3-5-18(21)2/h3-10,20,24H,11-16H2,1-2H3/t20-/m0/s1. The van der Waals surface area contributed by atoms with Crippen LogP contribution in [-0.4, -0.2) is 55.4 Å². The third kappa shape index (κ3) is 4.97. The molecule has 4 nitrogen and oxygen atoms in total. The van der Waals surface area contributed by atoms with Crippen LogP contribution in [0.25, 0.3) is 0 Å². The maximum absolute atomic E-state index is 10.3. The number of aliphatic hydroxyl groups excluding tert-OH is 1. The quantitative estimate of drug-likeness (QED) is 0.877. The molecule has 0 aromatic heterocycles. The van der Waals surface area contributed by atoms with E-state index in [2.05, 4.69) is 41.0 Å². The van der Waals surface area contributed by atoms with Crippen LogP contribution in [0.4, 0.5) is 5.69 Å². The van der Waals surface area contributed by atoms with Crippen molar-refractivity contribution in [2.45, 2.75) is 20.0 Å². The van der Waals surface area contributed by atoms with Gasteiger partial charge >= 0.3 is 0 Å². The number of benzene rings is 2. The Kier molecular flexibility index (Phi) is 5.95. The minimum Gasteiger partial charge on any atom is -0.491 e. The summed E-state index contributed by atoms with van der Waals surface area (Å²) in [5.74, 6) is 0.853. The molecule has 0 amide bonds. The second kappa shape index (κ2) is 8.37. The highest BCUT2D eigenvalue weighted by atomic mass is 16.5. The largest absolute Gasteiger partial charge is 0.491 e. The van der Waals surface area contributed by atoms with Gasteiger partial charge in [-0.2, -0.15) is 0 Å². The predicted molar refractivity (Wildman–Crippen MR) is 103 cm³/mol. The molecule has 1 aliphatic rings. The van der Waals surface area contributed by atoms with Gasteiger partial charge in [0.05, 0.1) is 0 Å². The predicted octanol–water partition coefficient (Wildman–Crippen LogP) is 2.87. The summed E-state index contributed by atoms with van der Waals surface area (Å²) < 4.78 is 5.75. The van der Waals surface area contributed by atoms with Crippen molar-refractivity contribution < 1.29 is 9.84 Å². The van der Waals surface area contributed by atoms with Crippen molar-refractivity contribution >= 4 is 5.69 Å². The van der Waals surface area contributed by atoms with Crippen LogP contribution in [0.1, 0.15) is 11.1 Å². The molecular formula is C21H28N2O2. The van der Waals surface area contributed by atoms with Gasteiger partial charge in [0, 0.05) is 38.4 Å². The van der Waals surface area contributed by atoms with E-state index in [1.165, 1.54) is 11.3 Å². The number of piperazine rings is 1. The van der Waals surface area contributed by atoms with Crippen molar-refractivity contribution in [2.75, 3.05) is 44.2 Å². The molecule has 1 aliphatic heterocycles. The number of anilines is 1. The van der Waals surface area contributed by atoms with Crippen molar-refractivity contribution in [3.05, 3.63) is 59.7 Å². The maximum atomic E-state index is 10.3. The molecule has 0 radical (unpaired) electrons. The van der Waals surface area contributed by atoms with Crippen LogP contribution >= 0.6 is 0 Å². The van der Waals surface area contributed by atoms with Gasteiger partial charge in [-0.3, -0.25) is 4.90 Å². The van der Waals surface area contributed by atoms with Gasteiger partial charge in [-0.05, 0) is 37.6 Å². The third-order valence-electron chi connectivity index (χ3n) is 4.77. The number of nitrogens with zero attached hydrogens (tertiary/aromatic N) is 2. The molecule has 2 aromatic rings. The minimum atomic E-state index is -0.467. The van der Waals surface area contributed by atoms with Gasteiger partial charge in [-0.1, -0.05) is 35.9 Å². The number of aryl methyl sites for hydroxylation is 2. The molecule has 134 valence electrons. The summed E-state index contributed by atoms with van der Waals surface area (Å²) in [4.78, 5) is 4.72. The summed E-state index contributed by atoms with van der Waals surface area (Å²) in [5.41, 5.74) is 3.68. The zero-order valence-electron chi connectivity index (χ0n) is 15.2. The van der Waals surface area contributed by atoms with E-state index >= 15 is 0 Å². The smallest absolute Gasteiger partial charge is 0.122 e. The topological polar surface area (TPSA) is 35.9 Å². The Balaban J connectivity index is 1.42. The lowest BCUT2D eigenvalue weighted by Crippen LogP contribution is -2.49. The summed E-state index contributed by atoms with van der Waals surface area (Å²) in [5, 5.41) is 10.3. The average Bonchev–Trinajstić information content (AvgIpc) is 2.62. The summed E-state index contributed by atoms with van der Waals surface area (Å²) >= 11 is 0. The first-order valence-electron chi connectivity index (χ1n) is 9.02. The number of rotatable bonds is 6. The van der Waals surface area contributed by atoms with Crippen LogP contribution in [0.5, 0.6) is 5.75 Å². The third-order valence-corrected chi connectivity index (χ3v) is 4.77. The van der Waals surface area contributed by atoms with E-state index in [0.29, 0.717) is 13.2 Å². The van der Waals surface area contributed by atoms with E-state index in [-0.39, 0.29) is 0 Å². The number of aliphatic hydroxyl groups is 1. The Hall–Kier alpha value is -2.04. The van der Waals surface area contributed by atoms with Crippen molar-refractivity contribution in [2.24, 2.45) is 0 Å². The van der Waals surface area contributed by atoms with Crippen molar-refractivity contribution in [3.8, 4) is 5.75 Å². The zero-order valence-corrected chi connectivity index (χ0v) is 15.2. The molecule has 0 aliphatic carbocycles. The fraction of sp³-hybridized carbons (Fsp3) is 0.429. The second-order valence-corrected chi connectivity index (χ2v) is 6.85. The Morgan fingerprint density at radius 2 is 1.64 bits per heavy atom. The van der Waals surface area contributed by atoms with Gasteiger partial charge < -0.3 is 14.7 Å². The molecule has 1 fully saturated rings. The van der Waals surface area contributed by atoms with Crippen LogP contribution < -0.4 is 9.64 Å². The van der Waals surface area contributed by atoms with Gasteiger partial charge in [-0.25, -0.2) is 0 Å². The molecule has 1 atom stereocenters. The Labute approximate surface area is 150 Å². The average molecular weight is 340 g/mol. The Morgan fingerprint density at radius 1 is 0.960 bits per heavy atom. The lowest BCUT2D eigenvalue weighted by molar-refractivity contribution is 0.0661. The summed E-state index contributed by atoms with van der Waals surface area (Å²) in [6.45, 7) is 9.05. The second-order valence-electron chi connectivity index (χ2n) is 6.85. The molecule has 0 unspecified atom stereocenters. The number of β-amino-alcohol motifs (C(OH)–C–C–N with tert-alkyl or cyclic N) is 1. The van der Waals surface area contributed by atoms with E-state index in [0.717, 1.165) is 37.5 Å². The molecule has 2 aromatic carbocycles. The van der Waals surface area contributed by atoms with Crippen LogP contribution in [0.3, 0.4) is 0 Å². The zero-order chi connectivity index (χ0) is 17.6. The molecule has 0 saturated carbocycles. The fourth-order valence-electron chi connectivity index (χ4n) is 3.20. The molecule has 3 rings (SSSR count). The maximum Gasteiger partial charge on any atom is 0.122 e. The normalized spacial score (nSPS) is 16.7. The number of ether oxygens (including phenoxy) is 1. The molecule has 1 saturated heterocycles. The lowest BCUT2D eigenvalue weighted by Gasteiger charge is -2.36. The number of para-hydroxylation sites is 1. The first-order chi connectivity index (χ1) is 12.1.